The number of nitrogens with zero attached hydrogens (tertiary/aromatic N) is 2. The zero-order chi connectivity index (χ0) is 10.0. The molecule has 0 radical (unpaired) electrons. The van der Waals surface area contributed by atoms with Crippen LogP contribution >= 0.6 is 11.8 Å². The van der Waals surface area contributed by atoms with E-state index < -0.39 is 5.97 Å². The van der Waals surface area contributed by atoms with Gasteiger partial charge >= 0.3 is 5.97 Å². The number of carbonyl (C=O) groups is 2. The van der Waals surface area contributed by atoms with E-state index in [-0.39, 0.29) is 18.1 Å². The molecule has 0 N–H and O–H groups in total. The highest BCUT2D eigenvalue weighted by atomic mass is 35.5. The van der Waals surface area contributed by atoms with Gasteiger partial charge in [0, 0.05) is 25.0 Å². The highest BCUT2D eigenvalue weighted by Crippen LogP contribution is 2.15. The molecular formula is C7H9ClN2O3. The van der Waals surface area contributed by atoms with Crippen LogP contribution in [0.1, 0.15) is 0 Å². The third kappa shape index (κ3) is 1.92. The van der Waals surface area contributed by atoms with Crippen LogP contribution in [0, 0.1) is 0 Å². The van der Waals surface area contributed by atoms with Crippen LogP contribution in [0.15, 0.2) is 11.9 Å². The van der Waals surface area contributed by atoms with Crippen LogP contribution in [-0.4, -0.2) is 41.9 Å². The van der Waals surface area contributed by atoms with E-state index in [1.165, 1.54) is 18.2 Å². The van der Waals surface area contributed by atoms with Gasteiger partial charge in [-0.05, 0) is 0 Å². The molecule has 5 nitrogen and oxygen atoms in total. The SMILES string of the molecule is COC(=O)C1=CN(C)C(=O)CN1Cl. The maximum atomic E-state index is 11.1. The van der Waals surface area contributed by atoms with Crippen molar-refractivity contribution in [1.82, 2.24) is 9.32 Å². The summed E-state index contributed by atoms with van der Waals surface area (Å²) in [6.45, 7) is -0.0288. The number of hydrogen-bond acceptors (Lipinski definition) is 4. The summed E-state index contributed by atoms with van der Waals surface area (Å²) in [5.74, 6) is -0.739. The molecule has 72 valence electrons. The second-order valence-electron chi connectivity index (χ2n) is 2.53. The Kier molecular flexibility index (Phi) is 2.77. The smallest absolute Gasteiger partial charge is 0.357 e. The van der Waals surface area contributed by atoms with Crippen molar-refractivity contribution in [1.29, 1.82) is 0 Å². The summed E-state index contributed by atoms with van der Waals surface area (Å²) in [6.07, 6.45) is 1.34. The molecule has 0 saturated heterocycles. The van der Waals surface area contributed by atoms with Gasteiger partial charge in [-0.3, -0.25) is 9.21 Å². The van der Waals surface area contributed by atoms with Crippen molar-refractivity contribution in [3.63, 3.8) is 0 Å². The van der Waals surface area contributed by atoms with Crippen LogP contribution in [0.3, 0.4) is 0 Å². The van der Waals surface area contributed by atoms with Gasteiger partial charge in [-0.25, -0.2) is 4.79 Å². The van der Waals surface area contributed by atoms with Crippen LogP contribution in [0.2, 0.25) is 0 Å². The van der Waals surface area contributed by atoms with Gasteiger partial charge in [0.2, 0.25) is 5.91 Å². The molecule has 0 atom stereocenters. The summed E-state index contributed by atoms with van der Waals surface area (Å²) in [6, 6.07) is 0. The van der Waals surface area contributed by atoms with Gasteiger partial charge in [0.1, 0.15) is 6.54 Å². The van der Waals surface area contributed by atoms with Gasteiger partial charge < -0.3 is 9.64 Å². The minimum Gasteiger partial charge on any atom is -0.464 e. The molecule has 0 aliphatic carbocycles. The molecule has 0 aromatic heterocycles. The molecule has 1 aliphatic heterocycles. The van der Waals surface area contributed by atoms with E-state index in [0.717, 1.165) is 4.42 Å². The fourth-order valence-electron chi connectivity index (χ4n) is 0.890. The molecule has 0 spiro atoms. The van der Waals surface area contributed by atoms with Crippen molar-refractivity contribution in [2.24, 2.45) is 0 Å². The van der Waals surface area contributed by atoms with E-state index in [2.05, 4.69) is 4.74 Å². The number of esters is 1. The van der Waals surface area contributed by atoms with Crippen LogP contribution in [0.4, 0.5) is 0 Å². The highest BCUT2D eigenvalue weighted by molar-refractivity contribution is 6.18. The molecule has 13 heavy (non-hydrogen) atoms. The normalized spacial score (nSPS) is 17.2. The lowest BCUT2D eigenvalue weighted by molar-refractivity contribution is -0.138. The Balaban J connectivity index is 2.89. The minimum absolute atomic E-state index is 0.0288. The number of amides is 1. The number of halogens is 1. The lowest BCUT2D eigenvalue weighted by Crippen LogP contribution is -2.39. The van der Waals surface area contributed by atoms with Crippen molar-refractivity contribution in [3.8, 4) is 0 Å². The number of methoxy groups -OCH3 is 1. The molecule has 0 saturated carbocycles. The fraction of sp³-hybridized carbons (Fsp3) is 0.429. The van der Waals surface area contributed by atoms with Crippen LogP contribution in [0.5, 0.6) is 0 Å². The standard InChI is InChI=1S/C7H9ClN2O3/c1-9-3-5(7(12)13-2)10(8)4-6(9)11/h3H,4H2,1-2H3. The third-order valence-corrected chi connectivity index (χ3v) is 1.94. The van der Waals surface area contributed by atoms with E-state index in [1.807, 2.05) is 0 Å². The average molecular weight is 205 g/mol. The molecule has 1 aliphatic rings. The highest BCUT2D eigenvalue weighted by Gasteiger charge is 2.26. The number of carbonyl (C=O) groups excluding carboxylic acids is 2. The number of hydrogen-bond donors (Lipinski definition) is 0. The molecule has 1 amide bonds. The molecule has 0 fully saturated rings. The monoisotopic (exact) mass is 204 g/mol. The summed E-state index contributed by atoms with van der Waals surface area (Å²) in [7, 11) is 2.81. The zero-order valence-electron chi connectivity index (χ0n) is 7.28. The summed E-state index contributed by atoms with van der Waals surface area (Å²) in [4.78, 5) is 23.4. The quantitative estimate of drug-likeness (QED) is 0.443. The Morgan fingerprint density at radius 1 is 1.69 bits per heavy atom. The second-order valence-corrected chi connectivity index (χ2v) is 2.94. The Morgan fingerprint density at radius 2 is 2.31 bits per heavy atom. The molecule has 0 bridgehead atoms. The van der Waals surface area contributed by atoms with Gasteiger partial charge in [0.25, 0.3) is 0 Å². The Hall–Kier alpha value is -1.23. The lowest BCUT2D eigenvalue weighted by Gasteiger charge is -2.26. The van der Waals surface area contributed by atoms with Crippen molar-refractivity contribution in [2.45, 2.75) is 0 Å². The fourth-order valence-corrected chi connectivity index (χ4v) is 1.10. The number of ether oxygens (including phenoxy) is 1. The predicted molar refractivity (Wildman–Crippen MR) is 45.4 cm³/mol. The number of likely N-dealkylation sites (N-methyl/N-ethyl adjacent to an activating group) is 1. The van der Waals surface area contributed by atoms with Gasteiger partial charge in [-0.2, -0.15) is 0 Å². The van der Waals surface area contributed by atoms with Crippen molar-refractivity contribution in [3.05, 3.63) is 11.9 Å². The summed E-state index contributed by atoms with van der Waals surface area (Å²) < 4.78 is 5.51. The third-order valence-electron chi connectivity index (χ3n) is 1.64. The van der Waals surface area contributed by atoms with Gasteiger partial charge in [-0.1, -0.05) is 0 Å². The summed E-state index contributed by atoms with van der Waals surface area (Å²) >= 11 is 5.63. The van der Waals surface area contributed by atoms with E-state index >= 15 is 0 Å². The van der Waals surface area contributed by atoms with Crippen LogP contribution in [0.25, 0.3) is 0 Å². The van der Waals surface area contributed by atoms with Crippen molar-refractivity contribution >= 4 is 23.7 Å². The van der Waals surface area contributed by atoms with Crippen LogP contribution in [-0.2, 0) is 14.3 Å². The molecule has 0 unspecified atom stereocenters. The van der Waals surface area contributed by atoms with Gasteiger partial charge in [0.15, 0.2) is 5.70 Å². The molecule has 0 aromatic carbocycles. The minimum atomic E-state index is -0.561. The maximum absolute atomic E-state index is 11.1. The predicted octanol–water partition coefficient (Wildman–Crippen LogP) is -0.0714. The Bertz CT molecular complexity index is 277. The van der Waals surface area contributed by atoms with Crippen LogP contribution < -0.4 is 0 Å². The molecular weight excluding hydrogens is 196 g/mol. The summed E-state index contributed by atoms with van der Waals surface area (Å²) in [5, 5.41) is 0. The summed E-state index contributed by atoms with van der Waals surface area (Å²) in [5.41, 5.74) is 0.159. The zero-order valence-corrected chi connectivity index (χ0v) is 8.04. The van der Waals surface area contributed by atoms with Gasteiger partial charge in [-0.15, -0.1) is 0 Å². The van der Waals surface area contributed by atoms with E-state index in [9.17, 15) is 9.59 Å². The molecule has 1 heterocycles. The lowest BCUT2D eigenvalue weighted by atomic mass is 10.3. The second kappa shape index (κ2) is 3.66. The van der Waals surface area contributed by atoms with E-state index in [0.29, 0.717) is 0 Å². The topological polar surface area (TPSA) is 49.9 Å². The largest absolute Gasteiger partial charge is 0.464 e. The van der Waals surface area contributed by atoms with Gasteiger partial charge in [0.05, 0.1) is 7.11 Å². The number of rotatable bonds is 1. The first-order valence-corrected chi connectivity index (χ1v) is 3.89. The molecule has 0 aromatic rings. The van der Waals surface area contributed by atoms with E-state index in [1.54, 1.807) is 7.05 Å². The molecule has 6 heteroatoms. The maximum Gasteiger partial charge on any atom is 0.357 e. The Labute approximate surface area is 80.6 Å². The van der Waals surface area contributed by atoms with E-state index in [4.69, 9.17) is 11.8 Å². The first kappa shape index (κ1) is 9.85. The van der Waals surface area contributed by atoms with Crippen molar-refractivity contribution in [2.75, 3.05) is 20.7 Å². The van der Waals surface area contributed by atoms with Crippen molar-refractivity contribution < 1.29 is 14.3 Å². The Morgan fingerprint density at radius 3 is 2.85 bits per heavy atom. The first-order chi connectivity index (χ1) is 6.06. The molecule has 1 rings (SSSR count). The first-order valence-electron chi connectivity index (χ1n) is 3.55. The average Bonchev–Trinajstić information content (AvgIpc) is 2.10.